The number of sulfonamides is 1. The van der Waals surface area contributed by atoms with Crippen molar-refractivity contribution in [3.05, 3.63) is 35.9 Å². The highest BCUT2D eigenvalue weighted by atomic mass is 32.2. The number of rotatable bonds is 4. The normalized spacial score (nSPS) is 18.9. The standard InChI is InChI=1S/C13H20N2O2S/c1-18(16,17)15-9-7-13(8-10-15)14-11-12-5-3-2-4-6-12/h2-6,13-14H,7-11H2,1H3. The van der Waals surface area contributed by atoms with Crippen LogP contribution in [0.25, 0.3) is 0 Å². The van der Waals surface area contributed by atoms with Crippen LogP contribution in [0.15, 0.2) is 30.3 Å². The van der Waals surface area contributed by atoms with Crippen LogP contribution in [0.4, 0.5) is 0 Å². The van der Waals surface area contributed by atoms with Gasteiger partial charge in [0.25, 0.3) is 0 Å². The van der Waals surface area contributed by atoms with Gasteiger partial charge >= 0.3 is 0 Å². The van der Waals surface area contributed by atoms with E-state index in [0.29, 0.717) is 19.1 Å². The molecule has 1 heterocycles. The summed E-state index contributed by atoms with van der Waals surface area (Å²) in [6, 6.07) is 10.7. The second-order valence-electron chi connectivity index (χ2n) is 4.80. The molecule has 1 aliphatic heterocycles. The van der Waals surface area contributed by atoms with Gasteiger partial charge in [0.05, 0.1) is 6.26 Å². The Labute approximate surface area is 109 Å². The fourth-order valence-corrected chi connectivity index (χ4v) is 3.12. The summed E-state index contributed by atoms with van der Waals surface area (Å²) in [4.78, 5) is 0. The number of hydrogen-bond acceptors (Lipinski definition) is 3. The Hall–Kier alpha value is -0.910. The highest BCUT2D eigenvalue weighted by Crippen LogP contribution is 2.13. The first kappa shape index (κ1) is 13.5. The molecule has 1 aromatic rings. The summed E-state index contributed by atoms with van der Waals surface area (Å²) >= 11 is 0. The molecule has 0 amide bonds. The molecule has 1 fully saturated rings. The second-order valence-corrected chi connectivity index (χ2v) is 6.79. The van der Waals surface area contributed by atoms with Gasteiger partial charge in [-0.15, -0.1) is 0 Å². The summed E-state index contributed by atoms with van der Waals surface area (Å²) in [6.45, 7) is 2.11. The zero-order chi connectivity index (χ0) is 13.0. The first-order valence-electron chi connectivity index (χ1n) is 6.28. The molecule has 0 atom stereocenters. The van der Waals surface area contributed by atoms with Crippen molar-refractivity contribution in [2.45, 2.75) is 25.4 Å². The average molecular weight is 268 g/mol. The number of benzene rings is 1. The van der Waals surface area contributed by atoms with Crippen LogP contribution in [0.3, 0.4) is 0 Å². The maximum atomic E-state index is 11.4. The number of nitrogens with one attached hydrogen (secondary N) is 1. The molecular weight excluding hydrogens is 248 g/mol. The van der Waals surface area contributed by atoms with E-state index in [1.165, 1.54) is 11.8 Å². The van der Waals surface area contributed by atoms with E-state index in [1.807, 2.05) is 18.2 Å². The zero-order valence-electron chi connectivity index (χ0n) is 10.7. The van der Waals surface area contributed by atoms with Crippen molar-refractivity contribution in [3.8, 4) is 0 Å². The molecule has 0 unspecified atom stereocenters. The van der Waals surface area contributed by atoms with Gasteiger partial charge < -0.3 is 5.32 Å². The van der Waals surface area contributed by atoms with Gasteiger partial charge in [0.1, 0.15) is 0 Å². The Kier molecular flexibility index (Phi) is 4.37. The monoisotopic (exact) mass is 268 g/mol. The molecular formula is C13H20N2O2S. The first-order chi connectivity index (χ1) is 8.55. The van der Waals surface area contributed by atoms with Gasteiger partial charge in [-0.05, 0) is 18.4 Å². The molecule has 2 rings (SSSR count). The average Bonchev–Trinajstić information content (AvgIpc) is 2.37. The van der Waals surface area contributed by atoms with Gasteiger partial charge in [0.15, 0.2) is 0 Å². The first-order valence-corrected chi connectivity index (χ1v) is 8.13. The van der Waals surface area contributed by atoms with Crippen LogP contribution in [0.1, 0.15) is 18.4 Å². The van der Waals surface area contributed by atoms with Crippen molar-refractivity contribution in [2.75, 3.05) is 19.3 Å². The van der Waals surface area contributed by atoms with E-state index in [4.69, 9.17) is 0 Å². The van der Waals surface area contributed by atoms with Crippen LogP contribution < -0.4 is 5.32 Å². The van der Waals surface area contributed by atoms with E-state index in [-0.39, 0.29) is 0 Å². The van der Waals surface area contributed by atoms with Gasteiger partial charge in [-0.25, -0.2) is 12.7 Å². The van der Waals surface area contributed by atoms with Crippen molar-refractivity contribution in [3.63, 3.8) is 0 Å². The van der Waals surface area contributed by atoms with Crippen molar-refractivity contribution >= 4 is 10.0 Å². The predicted molar refractivity (Wildman–Crippen MR) is 72.7 cm³/mol. The van der Waals surface area contributed by atoms with E-state index in [1.54, 1.807) is 4.31 Å². The fraction of sp³-hybridized carbons (Fsp3) is 0.538. The van der Waals surface area contributed by atoms with E-state index in [2.05, 4.69) is 17.4 Å². The van der Waals surface area contributed by atoms with Gasteiger partial charge in [-0.1, -0.05) is 30.3 Å². The molecule has 5 heteroatoms. The fourth-order valence-electron chi connectivity index (χ4n) is 2.25. The topological polar surface area (TPSA) is 49.4 Å². The summed E-state index contributed by atoms with van der Waals surface area (Å²) in [5.74, 6) is 0. The third-order valence-electron chi connectivity index (χ3n) is 3.36. The minimum Gasteiger partial charge on any atom is -0.310 e. The molecule has 0 aliphatic carbocycles. The van der Waals surface area contributed by atoms with Gasteiger partial charge in [-0.3, -0.25) is 0 Å². The Morgan fingerprint density at radius 3 is 2.39 bits per heavy atom. The minimum absolute atomic E-state index is 0.420. The molecule has 0 aromatic heterocycles. The molecule has 4 nitrogen and oxygen atoms in total. The molecule has 1 aliphatic rings. The Morgan fingerprint density at radius 1 is 1.22 bits per heavy atom. The highest BCUT2D eigenvalue weighted by Gasteiger charge is 2.24. The lowest BCUT2D eigenvalue weighted by Crippen LogP contribution is -2.44. The third kappa shape index (κ3) is 3.80. The summed E-state index contributed by atoms with van der Waals surface area (Å²) in [5, 5.41) is 3.49. The molecule has 0 bridgehead atoms. The minimum atomic E-state index is -3.01. The van der Waals surface area contributed by atoms with E-state index in [0.717, 1.165) is 19.4 Å². The van der Waals surface area contributed by atoms with Crippen LogP contribution in [-0.4, -0.2) is 38.1 Å². The van der Waals surface area contributed by atoms with Gasteiger partial charge in [0, 0.05) is 25.7 Å². The zero-order valence-corrected chi connectivity index (χ0v) is 11.5. The number of piperidine rings is 1. The van der Waals surface area contributed by atoms with Crippen LogP contribution in [0, 0.1) is 0 Å². The number of hydrogen-bond donors (Lipinski definition) is 1. The van der Waals surface area contributed by atoms with Crippen molar-refractivity contribution in [1.29, 1.82) is 0 Å². The summed E-state index contributed by atoms with van der Waals surface area (Å²) in [7, 11) is -3.01. The van der Waals surface area contributed by atoms with E-state index < -0.39 is 10.0 Å². The highest BCUT2D eigenvalue weighted by molar-refractivity contribution is 7.88. The van der Waals surface area contributed by atoms with Crippen molar-refractivity contribution in [2.24, 2.45) is 0 Å². The molecule has 1 N–H and O–H groups in total. The SMILES string of the molecule is CS(=O)(=O)N1CCC(NCc2ccccc2)CC1. The molecule has 1 aromatic carbocycles. The summed E-state index contributed by atoms with van der Waals surface area (Å²) < 4.78 is 24.3. The van der Waals surface area contributed by atoms with Gasteiger partial charge in [-0.2, -0.15) is 0 Å². The van der Waals surface area contributed by atoms with Crippen LogP contribution in [-0.2, 0) is 16.6 Å². The van der Waals surface area contributed by atoms with E-state index >= 15 is 0 Å². The predicted octanol–water partition coefficient (Wildman–Crippen LogP) is 1.20. The smallest absolute Gasteiger partial charge is 0.211 e. The molecule has 0 saturated carbocycles. The summed E-state index contributed by atoms with van der Waals surface area (Å²) in [5.41, 5.74) is 1.27. The summed E-state index contributed by atoms with van der Waals surface area (Å²) in [6.07, 6.45) is 3.06. The lowest BCUT2D eigenvalue weighted by atomic mass is 10.1. The second kappa shape index (κ2) is 5.82. The Balaban J connectivity index is 1.78. The van der Waals surface area contributed by atoms with Crippen molar-refractivity contribution in [1.82, 2.24) is 9.62 Å². The molecule has 1 saturated heterocycles. The van der Waals surface area contributed by atoms with Crippen molar-refractivity contribution < 1.29 is 8.42 Å². The lowest BCUT2D eigenvalue weighted by Gasteiger charge is -2.30. The van der Waals surface area contributed by atoms with Crippen LogP contribution >= 0.6 is 0 Å². The number of nitrogens with zero attached hydrogens (tertiary/aromatic N) is 1. The van der Waals surface area contributed by atoms with Crippen LogP contribution in [0.2, 0.25) is 0 Å². The maximum absolute atomic E-state index is 11.4. The molecule has 100 valence electrons. The quantitative estimate of drug-likeness (QED) is 0.892. The Morgan fingerprint density at radius 2 is 1.83 bits per heavy atom. The van der Waals surface area contributed by atoms with E-state index in [9.17, 15) is 8.42 Å². The van der Waals surface area contributed by atoms with Gasteiger partial charge in [0.2, 0.25) is 10.0 Å². The third-order valence-corrected chi connectivity index (χ3v) is 4.66. The van der Waals surface area contributed by atoms with Crippen LogP contribution in [0.5, 0.6) is 0 Å². The Bertz CT molecular complexity index is 465. The largest absolute Gasteiger partial charge is 0.310 e. The maximum Gasteiger partial charge on any atom is 0.211 e. The molecule has 18 heavy (non-hydrogen) atoms. The lowest BCUT2D eigenvalue weighted by molar-refractivity contribution is 0.290. The molecule has 0 radical (unpaired) electrons. The molecule has 0 spiro atoms.